The van der Waals surface area contributed by atoms with E-state index >= 15 is 0 Å². The molecule has 2 heteroatoms. The molecule has 1 amide bonds. The van der Waals surface area contributed by atoms with Crippen LogP contribution in [0.1, 0.15) is 39.5 Å². The Bertz CT molecular complexity index is 93.6. The van der Waals surface area contributed by atoms with E-state index in [9.17, 15) is 4.79 Å². The van der Waals surface area contributed by atoms with Gasteiger partial charge in [0.15, 0.2) is 0 Å². The maximum atomic E-state index is 9.99. The summed E-state index contributed by atoms with van der Waals surface area (Å²) < 4.78 is 0. The van der Waals surface area contributed by atoms with Gasteiger partial charge in [-0.15, -0.1) is 0 Å². The van der Waals surface area contributed by atoms with E-state index in [0.29, 0.717) is 5.92 Å². The van der Waals surface area contributed by atoms with Gasteiger partial charge in [0.05, 0.1) is 0 Å². The summed E-state index contributed by atoms with van der Waals surface area (Å²) in [6, 6.07) is 0. The van der Waals surface area contributed by atoms with Gasteiger partial charge in [0.25, 0.3) is 0 Å². The molecule has 1 unspecified atom stereocenters. The Labute approximate surface area is 69.4 Å². The Morgan fingerprint density at radius 3 is 2.64 bits per heavy atom. The Hall–Kier alpha value is -0.530. The molecule has 0 aliphatic carbocycles. The molecule has 0 fully saturated rings. The third-order valence-corrected chi connectivity index (χ3v) is 2.03. The van der Waals surface area contributed by atoms with Crippen LogP contribution in [0.2, 0.25) is 0 Å². The minimum Gasteiger partial charge on any atom is -0.358 e. The van der Waals surface area contributed by atoms with Gasteiger partial charge in [0.1, 0.15) is 0 Å². The molecule has 0 aromatic carbocycles. The third-order valence-electron chi connectivity index (χ3n) is 2.03. The van der Waals surface area contributed by atoms with Crippen molar-refractivity contribution in [2.24, 2.45) is 5.92 Å². The zero-order chi connectivity index (χ0) is 8.53. The summed E-state index contributed by atoms with van der Waals surface area (Å²) in [6.07, 6.45) is 5.72. The van der Waals surface area contributed by atoms with Crippen molar-refractivity contribution < 1.29 is 4.79 Å². The molecule has 1 N–H and O–H groups in total. The van der Waals surface area contributed by atoms with Gasteiger partial charge in [-0.1, -0.05) is 33.1 Å². The van der Waals surface area contributed by atoms with Crippen LogP contribution >= 0.6 is 0 Å². The van der Waals surface area contributed by atoms with Gasteiger partial charge in [0.2, 0.25) is 6.41 Å². The van der Waals surface area contributed by atoms with E-state index in [-0.39, 0.29) is 0 Å². The Kier molecular flexibility index (Phi) is 7.21. The molecule has 0 saturated heterocycles. The summed E-state index contributed by atoms with van der Waals surface area (Å²) >= 11 is 0. The van der Waals surface area contributed by atoms with Crippen molar-refractivity contribution in [3.05, 3.63) is 0 Å². The zero-order valence-corrected chi connectivity index (χ0v) is 7.60. The molecule has 0 aliphatic heterocycles. The lowest BCUT2D eigenvalue weighted by atomic mass is 10.00. The molecule has 0 aromatic heterocycles. The van der Waals surface area contributed by atoms with Gasteiger partial charge in [-0.2, -0.15) is 0 Å². The van der Waals surface area contributed by atoms with Gasteiger partial charge >= 0.3 is 0 Å². The first-order valence-electron chi connectivity index (χ1n) is 4.52. The van der Waals surface area contributed by atoms with E-state index in [1.807, 2.05) is 0 Å². The quantitative estimate of drug-likeness (QED) is 0.562. The van der Waals surface area contributed by atoms with Crippen LogP contribution in [-0.2, 0) is 4.79 Å². The molecule has 66 valence electrons. The van der Waals surface area contributed by atoms with Crippen LogP contribution in [0.5, 0.6) is 0 Å². The molecular formula is C9H19NO. The smallest absolute Gasteiger partial charge is 0.207 e. The second-order valence-corrected chi connectivity index (χ2v) is 2.94. The van der Waals surface area contributed by atoms with Crippen molar-refractivity contribution in [2.45, 2.75) is 39.5 Å². The molecule has 2 nitrogen and oxygen atoms in total. The fraction of sp³-hybridized carbons (Fsp3) is 0.889. The number of unbranched alkanes of at least 4 members (excludes halogenated alkanes) is 1. The molecule has 0 aliphatic rings. The number of rotatable bonds is 7. The summed E-state index contributed by atoms with van der Waals surface area (Å²) in [5, 5.41) is 2.73. The largest absolute Gasteiger partial charge is 0.358 e. The lowest BCUT2D eigenvalue weighted by molar-refractivity contribution is -0.109. The molecule has 1 atom stereocenters. The molecule has 11 heavy (non-hydrogen) atoms. The van der Waals surface area contributed by atoms with Crippen molar-refractivity contribution in [3.63, 3.8) is 0 Å². The number of amides is 1. The fourth-order valence-electron chi connectivity index (χ4n) is 1.16. The number of hydrogen-bond acceptors (Lipinski definition) is 1. The standard InChI is InChI=1S/C9H19NO/c1-3-5-6-9(4-2)7-10-8-11/h8-9H,3-7H2,1-2H3,(H,10,11). The highest BCUT2D eigenvalue weighted by Crippen LogP contribution is 2.10. The minimum atomic E-state index is 0.681. The predicted octanol–water partition coefficient (Wildman–Crippen LogP) is 1.95. The van der Waals surface area contributed by atoms with E-state index in [0.717, 1.165) is 13.0 Å². The molecule has 0 spiro atoms. The third kappa shape index (κ3) is 5.89. The van der Waals surface area contributed by atoms with Gasteiger partial charge in [-0.3, -0.25) is 4.79 Å². The number of hydrogen-bond donors (Lipinski definition) is 1. The number of nitrogens with one attached hydrogen (secondary N) is 1. The van der Waals surface area contributed by atoms with Crippen molar-refractivity contribution in [1.29, 1.82) is 0 Å². The minimum absolute atomic E-state index is 0.681. The highest BCUT2D eigenvalue weighted by atomic mass is 16.1. The molecule has 0 rings (SSSR count). The van der Waals surface area contributed by atoms with E-state index in [1.165, 1.54) is 25.7 Å². The molecule has 0 bridgehead atoms. The van der Waals surface area contributed by atoms with Gasteiger partial charge in [-0.25, -0.2) is 0 Å². The van der Waals surface area contributed by atoms with Crippen molar-refractivity contribution in [3.8, 4) is 0 Å². The van der Waals surface area contributed by atoms with Crippen LogP contribution in [0.15, 0.2) is 0 Å². The topological polar surface area (TPSA) is 29.1 Å². The van der Waals surface area contributed by atoms with Crippen LogP contribution in [0.25, 0.3) is 0 Å². The van der Waals surface area contributed by atoms with Crippen LogP contribution < -0.4 is 5.32 Å². The summed E-state index contributed by atoms with van der Waals surface area (Å²) in [7, 11) is 0. The summed E-state index contributed by atoms with van der Waals surface area (Å²) in [5.74, 6) is 0.681. The predicted molar refractivity (Wildman–Crippen MR) is 47.4 cm³/mol. The van der Waals surface area contributed by atoms with Crippen molar-refractivity contribution in [1.82, 2.24) is 5.32 Å². The van der Waals surface area contributed by atoms with E-state index in [2.05, 4.69) is 19.2 Å². The van der Waals surface area contributed by atoms with E-state index in [1.54, 1.807) is 0 Å². The van der Waals surface area contributed by atoms with Crippen LogP contribution in [0, 0.1) is 5.92 Å². The maximum Gasteiger partial charge on any atom is 0.207 e. The highest BCUT2D eigenvalue weighted by Gasteiger charge is 2.03. The number of carbonyl (C=O) groups is 1. The number of carbonyl (C=O) groups excluding carboxylic acids is 1. The second kappa shape index (κ2) is 7.58. The Balaban J connectivity index is 3.32. The second-order valence-electron chi connectivity index (χ2n) is 2.94. The first-order chi connectivity index (χ1) is 5.35. The van der Waals surface area contributed by atoms with Gasteiger partial charge in [0, 0.05) is 6.54 Å². The van der Waals surface area contributed by atoms with Crippen molar-refractivity contribution >= 4 is 6.41 Å². The molecule has 0 aromatic rings. The van der Waals surface area contributed by atoms with Crippen LogP contribution in [-0.4, -0.2) is 13.0 Å². The Morgan fingerprint density at radius 1 is 1.45 bits per heavy atom. The van der Waals surface area contributed by atoms with Crippen LogP contribution in [0.4, 0.5) is 0 Å². The lowest BCUT2D eigenvalue weighted by Gasteiger charge is -2.12. The molecule has 0 saturated carbocycles. The summed E-state index contributed by atoms with van der Waals surface area (Å²) in [5.41, 5.74) is 0. The molecule has 0 heterocycles. The maximum absolute atomic E-state index is 9.99. The molecule has 0 radical (unpaired) electrons. The zero-order valence-electron chi connectivity index (χ0n) is 7.60. The van der Waals surface area contributed by atoms with Crippen LogP contribution in [0.3, 0.4) is 0 Å². The monoisotopic (exact) mass is 157 g/mol. The average Bonchev–Trinajstić information content (AvgIpc) is 2.05. The first-order valence-corrected chi connectivity index (χ1v) is 4.52. The highest BCUT2D eigenvalue weighted by molar-refractivity contribution is 5.45. The SMILES string of the molecule is CCCCC(CC)CNC=O. The van der Waals surface area contributed by atoms with Crippen molar-refractivity contribution in [2.75, 3.05) is 6.54 Å². The molecular weight excluding hydrogens is 138 g/mol. The summed E-state index contributed by atoms with van der Waals surface area (Å²) in [4.78, 5) is 9.99. The summed E-state index contributed by atoms with van der Waals surface area (Å²) in [6.45, 7) is 5.21. The Morgan fingerprint density at radius 2 is 2.18 bits per heavy atom. The first kappa shape index (κ1) is 10.5. The normalized spacial score (nSPS) is 12.5. The van der Waals surface area contributed by atoms with E-state index in [4.69, 9.17) is 0 Å². The van der Waals surface area contributed by atoms with Gasteiger partial charge in [-0.05, 0) is 12.3 Å². The lowest BCUT2D eigenvalue weighted by Crippen LogP contribution is -2.20. The van der Waals surface area contributed by atoms with E-state index < -0.39 is 0 Å². The van der Waals surface area contributed by atoms with Gasteiger partial charge < -0.3 is 5.32 Å². The fourth-order valence-corrected chi connectivity index (χ4v) is 1.16. The average molecular weight is 157 g/mol.